The predicted octanol–water partition coefficient (Wildman–Crippen LogP) is 2.89. The zero-order chi connectivity index (χ0) is 11.5. The van der Waals surface area contributed by atoms with Gasteiger partial charge in [0.1, 0.15) is 5.75 Å². The lowest BCUT2D eigenvalue weighted by molar-refractivity contribution is 0.430. The van der Waals surface area contributed by atoms with Gasteiger partial charge in [0, 0.05) is 3.57 Å². The molecule has 0 saturated heterocycles. The van der Waals surface area contributed by atoms with Gasteiger partial charge in [-0.15, -0.1) is 5.10 Å². The lowest BCUT2D eigenvalue weighted by Crippen LogP contribution is -1.99. The van der Waals surface area contributed by atoms with Gasteiger partial charge in [0.2, 0.25) is 0 Å². The van der Waals surface area contributed by atoms with E-state index in [0.29, 0.717) is 5.75 Å². The summed E-state index contributed by atoms with van der Waals surface area (Å²) in [5, 5.41) is 7.83. The number of hydrogen-bond acceptors (Lipinski definition) is 4. The maximum absolute atomic E-state index is 5.48. The molecule has 5 heteroatoms. The van der Waals surface area contributed by atoms with Crippen LogP contribution in [0.4, 0.5) is 0 Å². The van der Waals surface area contributed by atoms with Crippen molar-refractivity contribution in [1.82, 2.24) is 15.2 Å². The van der Waals surface area contributed by atoms with E-state index in [-0.39, 0.29) is 6.01 Å². The fourth-order valence-electron chi connectivity index (χ4n) is 1.09. The number of hydrogen-bond donors (Lipinski definition) is 0. The van der Waals surface area contributed by atoms with Crippen LogP contribution in [0.3, 0.4) is 0 Å². The van der Waals surface area contributed by atoms with Crippen molar-refractivity contribution in [1.29, 1.82) is 0 Å². The largest absolute Gasteiger partial charge is 0.423 e. The number of benzene rings is 1. The molecule has 1 heterocycles. The Hall–Kier alpha value is -1.24. The third kappa shape index (κ3) is 2.66. The lowest BCUT2D eigenvalue weighted by Gasteiger charge is -2.04. The molecular formula is C11H10IN3O. The molecule has 2 aromatic rings. The normalized spacial score (nSPS) is 10.2. The van der Waals surface area contributed by atoms with Gasteiger partial charge in [0.05, 0.1) is 11.4 Å². The lowest BCUT2D eigenvalue weighted by atomic mass is 10.3. The van der Waals surface area contributed by atoms with Crippen LogP contribution >= 0.6 is 22.6 Å². The highest BCUT2D eigenvalue weighted by atomic mass is 127. The van der Waals surface area contributed by atoms with Gasteiger partial charge in [-0.1, -0.05) is 5.10 Å². The van der Waals surface area contributed by atoms with Crippen molar-refractivity contribution in [3.8, 4) is 11.8 Å². The van der Waals surface area contributed by atoms with Gasteiger partial charge in [0.15, 0.2) is 0 Å². The monoisotopic (exact) mass is 327 g/mol. The minimum atomic E-state index is 0.282. The molecule has 0 aliphatic heterocycles. The molecule has 0 atom stereocenters. The summed E-state index contributed by atoms with van der Waals surface area (Å²) >= 11 is 2.24. The first kappa shape index (κ1) is 11.3. The summed E-state index contributed by atoms with van der Waals surface area (Å²) in [7, 11) is 0. The number of ether oxygens (including phenoxy) is 1. The Labute approximate surface area is 107 Å². The molecule has 16 heavy (non-hydrogen) atoms. The Morgan fingerprint density at radius 3 is 2.31 bits per heavy atom. The smallest absolute Gasteiger partial charge is 0.341 e. The molecule has 0 unspecified atom stereocenters. The number of aromatic nitrogens is 3. The highest BCUT2D eigenvalue weighted by Gasteiger charge is 2.03. The number of halogens is 1. The van der Waals surface area contributed by atoms with Gasteiger partial charge in [-0.05, 0) is 60.7 Å². The van der Waals surface area contributed by atoms with Crippen molar-refractivity contribution in [2.45, 2.75) is 13.8 Å². The Morgan fingerprint density at radius 2 is 1.69 bits per heavy atom. The van der Waals surface area contributed by atoms with E-state index in [2.05, 4.69) is 37.8 Å². The first-order valence-electron chi connectivity index (χ1n) is 4.76. The Morgan fingerprint density at radius 1 is 1.00 bits per heavy atom. The van der Waals surface area contributed by atoms with Crippen LogP contribution in [0.1, 0.15) is 11.4 Å². The zero-order valence-corrected chi connectivity index (χ0v) is 11.1. The van der Waals surface area contributed by atoms with Gasteiger partial charge in [-0.3, -0.25) is 0 Å². The van der Waals surface area contributed by atoms with Gasteiger partial charge in [0.25, 0.3) is 0 Å². The van der Waals surface area contributed by atoms with E-state index in [1.54, 1.807) is 0 Å². The van der Waals surface area contributed by atoms with Gasteiger partial charge >= 0.3 is 6.01 Å². The predicted molar refractivity (Wildman–Crippen MR) is 68.5 cm³/mol. The summed E-state index contributed by atoms with van der Waals surface area (Å²) in [6, 6.07) is 7.96. The minimum absolute atomic E-state index is 0.282. The molecule has 0 N–H and O–H groups in total. The molecule has 0 fully saturated rings. The van der Waals surface area contributed by atoms with Crippen LogP contribution in [0, 0.1) is 17.4 Å². The highest BCUT2D eigenvalue weighted by Crippen LogP contribution is 2.18. The molecule has 0 spiro atoms. The fourth-order valence-corrected chi connectivity index (χ4v) is 1.45. The Bertz CT molecular complexity index is 499. The number of nitrogens with zero attached hydrogens (tertiary/aromatic N) is 3. The van der Waals surface area contributed by atoms with E-state index >= 15 is 0 Å². The van der Waals surface area contributed by atoms with E-state index in [1.807, 2.05) is 38.1 Å². The van der Waals surface area contributed by atoms with E-state index in [0.717, 1.165) is 15.0 Å². The third-order valence-corrected chi connectivity index (χ3v) is 2.81. The van der Waals surface area contributed by atoms with Crippen LogP contribution in [0.2, 0.25) is 0 Å². The van der Waals surface area contributed by atoms with Crippen molar-refractivity contribution >= 4 is 22.6 Å². The molecule has 0 aliphatic carbocycles. The van der Waals surface area contributed by atoms with Crippen molar-refractivity contribution in [3.63, 3.8) is 0 Å². The van der Waals surface area contributed by atoms with Crippen LogP contribution < -0.4 is 4.74 Å². The molecule has 0 radical (unpaired) electrons. The van der Waals surface area contributed by atoms with Crippen molar-refractivity contribution in [3.05, 3.63) is 39.2 Å². The van der Waals surface area contributed by atoms with E-state index in [1.165, 1.54) is 0 Å². The first-order valence-corrected chi connectivity index (χ1v) is 5.84. The molecular weight excluding hydrogens is 317 g/mol. The van der Waals surface area contributed by atoms with E-state index < -0.39 is 0 Å². The van der Waals surface area contributed by atoms with Crippen molar-refractivity contribution in [2.24, 2.45) is 0 Å². The third-order valence-electron chi connectivity index (χ3n) is 2.10. The van der Waals surface area contributed by atoms with Crippen LogP contribution in [-0.4, -0.2) is 15.2 Å². The molecule has 82 valence electrons. The van der Waals surface area contributed by atoms with Crippen LogP contribution in [-0.2, 0) is 0 Å². The van der Waals surface area contributed by atoms with Gasteiger partial charge in [-0.25, -0.2) is 0 Å². The number of rotatable bonds is 2. The zero-order valence-electron chi connectivity index (χ0n) is 8.94. The average Bonchev–Trinajstić information content (AvgIpc) is 2.27. The Balaban J connectivity index is 2.20. The summed E-state index contributed by atoms with van der Waals surface area (Å²) < 4.78 is 6.64. The summed E-state index contributed by atoms with van der Waals surface area (Å²) in [6.45, 7) is 3.74. The maximum atomic E-state index is 5.48. The van der Waals surface area contributed by atoms with Crippen LogP contribution in [0.15, 0.2) is 24.3 Å². The summed E-state index contributed by atoms with van der Waals surface area (Å²) in [6.07, 6.45) is 0. The maximum Gasteiger partial charge on any atom is 0.341 e. The van der Waals surface area contributed by atoms with Crippen LogP contribution in [0.5, 0.6) is 11.8 Å². The molecule has 0 amide bonds. The molecule has 0 bridgehead atoms. The summed E-state index contributed by atoms with van der Waals surface area (Å²) in [5.74, 6) is 0.713. The molecule has 1 aromatic heterocycles. The fraction of sp³-hybridized carbons (Fsp3) is 0.182. The molecule has 2 rings (SSSR count). The van der Waals surface area contributed by atoms with Crippen LogP contribution in [0.25, 0.3) is 0 Å². The van der Waals surface area contributed by atoms with E-state index in [9.17, 15) is 0 Å². The molecule has 0 aliphatic rings. The summed E-state index contributed by atoms with van der Waals surface area (Å²) in [4.78, 5) is 4.19. The second-order valence-corrected chi connectivity index (χ2v) is 4.57. The van der Waals surface area contributed by atoms with Crippen molar-refractivity contribution < 1.29 is 4.74 Å². The van der Waals surface area contributed by atoms with Gasteiger partial charge < -0.3 is 4.74 Å². The number of aryl methyl sites for hydroxylation is 2. The summed E-state index contributed by atoms with van der Waals surface area (Å²) in [5.41, 5.74) is 1.64. The quantitative estimate of drug-likeness (QED) is 0.796. The standard InChI is InChI=1S/C11H10IN3O/c1-7-8(2)14-15-11(13-7)16-10-5-3-9(12)4-6-10/h3-6H,1-2H3. The molecule has 0 saturated carbocycles. The molecule has 1 aromatic carbocycles. The van der Waals surface area contributed by atoms with Crippen molar-refractivity contribution in [2.75, 3.05) is 0 Å². The first-order chi connectivity index (χ1) is 7.65. The second-order valence-electron chi connectivity index (χ2n) is 3.32. The van der Waals surface area contributed by atoms with E-state index in [4.69, 9.17) is 4.74 Å². The minimum Gasteiger partial charge on any atom is -0.423 e. The second kappa shape index (κ2) is 4.73. The average molecular weight is 327 g/mol. The topological polar surface area (TPSA) is 47.9 Å². The SMILES string of the molecule is Cc1nnc(Oc2ccc(I)cc2)nc1C. The highest BCUT2D eigenvalue weighted by molar-refractivity contribution is 14.1. The Kier molecular flexibility index (Phi) is 3.33. The molecule has 4 nitrogen and oxygen atoms in total. The van der Waals surface area contributed by atoms with Gasteiger partial charge in [-0.2, -0.15) is 4.98 Å².